The molecule has 0 aliphatic rings. The fraction of sp³-hybridized carbons (Fsp3) is 0.273. The van der Waals surface area contributed by atoms with Crippen molar-refractivity contribution in [1.29, 1.82) is 0 Å². The maximum atomic E-state index is 12.4. The van der Waals surface area contributed by atoms with Gasteiger partial charge in [0.25, 0.3) is 0 Å². The van der Waals surface area contributed by atoms with Crippen molar-refractivity contribution < 1.29 is 23.0 Å². The first-order chi connectivity index (χ1) is 7.49. The second-order valence-electron chi connectivity index (χ2n) is 3.04. The van der Waals surface area contributed by atoms with E-state index in [-0.39, 0.29) is 12.2 Å². The van der Waals surface area contributed by atoms with Crippen molar-refractivity contribution in [2.24, 2.45) is 0 Å². The van der Waals surface area contributed by atoms with Crippen LogP contribution in [0.25, 0.3) is 6.08 Å². The van der Waals surface area contributed by atoms with Crippen molar-refractivity contribution in [2.45, 2.75) is 6.18 Å². The molecule has 0 radical (unpaired) electrons. The average molecular weight is 232 g/mol. The van der Waals surface area contributed by atoms with Gasteiger partial charge in [0.1, 0.15) is 5.75 Å². The molecule has 0 aliphatic heterocycles. The molecule has 0 saturated heterocycles. The molecular formula is C11H11F3O2. The summed E-state index contributed by atoms with van der Waals surface area (Å²) in [4.78, 5) is 0. The molecule has 0 heterocycles. The summed E-state index contributed by atoms with van der Waals surface area (Å²) in [7, 11) is 1.37. The SMILES string of the molecule is COc1ccc(C(F)(F)F)cc1C=CCO. The molecule has 0 saturated carbocycles. The van der Waals surface area contributed by atoms with Gasteiger partial charge < -0.3 is 9.84 Å². The van der Waals surface area contributed by atoms with E-state index in [1.807, 2.05) is 0 Å². The Morgan fingerprint density at radius 1 is 1.38 bits per heavy atom. The van der Waals surface area contributed by atoms with Crippen molar-refractivity contribution >= 4 is 6.08 Å². The molecule has 5 heteroatoms. The molecule has 0 unspecified atom stereocenters. The monoisotopic (exact) mass is 232 g/mol. The summed E-state index contributed by atoms with van der Waals surface area (Å²) in [5.74, 6) is 0.331. The molecule has 0 atom stereocenters. The van der Waals surface area contributed by atoms with Gasteiger partial charge in [0.15, 0.2) is 0 Å². The predicted octanol–water partition coefficient (Wildman–Crippen LogP) is 2.72. The van der Waals surface area contributed by atoms with E-state index >= 15 is 0 Å². The van der Waals surface area contributed by atoms with Gasteiger partial charge >= 0.3 is 6.18 Å². The zero-order valence-electron chi connectivity index (χ0n) is 8.58. The highest BCUT2D eigenvalue weighted by Crippen LogP contribution is 2.32. The number of methoxy groups -OCH3 is 1. The molecule has 0 amide bonds. The molecule has 1 aromatic carbocycles. The highest BCUT2D eigenvalue weighted by molar-refractivity contribution is 5.58. The van der Waals surface area contributed by atoms with E-state index in [4.69, 9.17) is 9.84 Å². The first kappa shape index (κ1) is 12.6. The maximum Gasteiger partial charge on any atom is 0.416 e. The van der Waals surface area contributed by atoms with Crippen molar-refractivity contribution in [1.82, 2.24) is 0 Å². The van der Waals surface area contributed by atoms with Gasteiger partial charge in [-0.15, -0.1) is 0 Å². The Kier molecular flexibility index (Phi) is 3.95. The Morgan fingerprint density at radius 3 is 2.56 bits per heavy atom. The number of alkyl halides is 3. The molecule has 0 bridgehead atoms. The Balaban J connectivity index is 3.16. The standard InChI is InChI=1S/C11H11F3O2/c1-16-10-5-4-9(11(12,13)14)7-8(10)3-2-6-15/h2-5,7,15H,6H2,1H3. The second kappa shape index (κ2) is 5.03. The molecule has 1 aromatic rings. The normalized spacial score (nSPS) is 12.1. The highest BCUT2D eigenvalue weighted by Gasteiger charge is 2.30. The summed E-state index contributed by atoms with van der Waals surface area (Å²) in [6, 6.07) is 3.18. The number of aliphatic hydroxyl groups is 1. The Hall–Kier alpha value is -1.49. The Morgan fingerprint density at radius 2 is 2.06 bits per heavy atom. The predicted molar refractivity (Wildman–Crippen MR) is 54.1 cm³/mol. The smallest absolute Gasteiger partial charge is 0.416 e. The largest absolute Gasteiger partial charge is 0.496 e. The lowest BCUT2D eigenvalue weighted by Crippen LogP contribution is -2.05. The van der Waals surface area contributed by atoms with Crippen LogP contribution in [0.15, 0.2) is 24.3 Å². The summed E-state index contributed by atoms with van der Waals surface area (Å²) < 4.78 is 42.1. The quantitative estimate of drug-likeness (QED) is 0.868. The van der Waals surface area contributed by atoms with Gasteiger partial charge in [-0.25, -0.2) is 0 Å². The van der Waals surface area contributed by atoms with Gasteiger partial charge in [0.05, 0.1) is 19.3 Å². The first-order valence-electron chi connectivity index (χ1n) is 4.51. The van der Waals surface area contributed by atoms with Gasteiger partial charge in [0, 0.05) is 5.56 Å². The number of ether oxygens (including phenoxy) is 1. The van der Waals surface area contributed by atoms with Crippen molar-refractivity contribution in [2.75, 3.05) is 13.7 Å². The third-order valence-corrected chi connectivity index (χ3v) is 1.96. The molecule has 0 fully saturated rings. The molecule has 88 valence electrons. The molecule has 0 aliphatic carbocycles. The van der Waals surface area contributed by atoms with E-state index in [0.717, 1.165) is 12.1 Å². The lowest BCUT2D eigenvalue weighted by Gasteiger charge is -2.10. The number of halogens is 3. The number of hydrogen-bond acceptors (Lipinski definition) is 2. The van der Waals surface area contributed by atoms with Crippen LogP contribution in [0, 0.1) is 0 Å². The Labute approximate surface area is 91.0 Å². The fourth-order valence-electron chi connectivity index (χ4n) is 1.22. The zero-order chi connectivity index (χ0) is 12.2. The van der Waals surface area contributed by atoms with Gasteiger partial charge in [-0.2, -0.15) is 13.2 Å². The van der Waals surface area contributed by atoms with Crippen molar-refractivity contribution in [3.05, 3.63) is 35.4 Å². The van der Waals surface area contributed by atoms with Crippen LogP contribution in [-0.4, -0.2) is 18.8 Å². The first-order valence-corrected chi connectivity index (χ1v) is 4.51. The van der Waals surface area contributed by atoms with Gasteiger partial charge in [-0.3, -0.25) is 0 Å². The van der Waals surface area contributed by atoms with E-state index in [9.17, 15) is 13.2 Å². The molecule has 2 nitrogen and oxygen atoms in total. The molecule has 0 spiro atoms. The molecule has 1 rings (SSSR count). The Bertz CT molecular complexity index is 383. The van der Waals surface area contributed by atoms with Crippen LogP contribution in [0.2, 0.25) is 0 Å². The lowest BCUT2D eigenvalue weighted by molar-refractivity contribution is -0.137. The molecule has 16 heavy (non-hydrogen) atoms. The van der Waals surface area contributed by atoms with Crippen LogP contribution < -0.4 is 4.74 Å². The van der Waals surface area contributed by atoms with E-state index in [1.165, 1.54) is 25.3 Å². The minimum absolute atomic E-state index is 0.237. The summed E-state index contributed by atoms with van der Waals surface area (Å²) in [6.45, 7) is -0.237. The zero-order valence-corrected chi connectivity index (χ0v) is 8.58. The number of aliphatic hydroxyl groups excluding tert-OH is 1. The van der Waals surface area contributed by atoms with Crippen LogP contribution in [0.4, 0.5) is 13.2 Å². The second-order valence-corrected chi connectivity index (χ2v) is 3.04. The van der Waals surface area contributed by atoms with Crippen LogP contribution in [0.5, 0.6) is 5.75 Å². The highest BCUT2D eigenvalue weighted by atomic mass is 19.4. The molecular weight excluding hydrogens is 221 g/mol. The topological polar surface area (TPSA) is 29.5 Å². The summed E-state index contributed by atoms with van der Waals surface area (Å²) >= 11 is 0. The molecule has 1 N–H and O–H groups in total. The van der Waals surface area contributed by atoms with Crippen molar-refractivity contribution in [3.8, 4) is 5.75 Å². The number of benzene rings is 1. The van der Waals surface area contributed by atoms with Gasteiger partial charge in [-0.1, -0.05) is 12.2 Å². The minimum Gasteiger partial charge on any atom is -0.496 e. The molecule has 0 aromatic heterocycles. The maximum absolute atomic E-state index is 12.4. The van der Waals surface area contributed by atoms with E-state index < -0.39 is 11.7 Å². The van der Waals surface area contributed by atoms with Crippen molar-refractivity contribution in [3.63, 3.8) is 0 Å². The van der Waals surface area contributed by atoms with Gasteiger partial charge in [-0.05, 0) is 18.2 Å². The third-order valence-electron chi connectivity index (χ3n) is 1.96. The average Bonchev–Trinajstić information content (AvgIpc) is 2.24. The van der Waals surface area contributed by atoms with Crippen LogP contribution in [0.3, 0.4) is 0 Å². The van der Waals surface area contributed by atoms with E-state index in [2.05, 4.69) is 0 Å². The minimum atomic E-state index is -4.38. The summed E-state index contributed by atoms with van der Waals surface area (Å²) in [6.07, 6.45) is -1.65. The lowest BCUT2D eigenvalue weighted by atomic mass is 10.1. The van der Waals surface area contributed by atoms with Crippen LogP contribution >= 0.6 is 0 Å². The van der Waals surface area contributed by atoms with Crippen LogP contribution in [0.1, 0.15) is 11.1 Å². The van der Waals surface area contributed by atoms with Gasteiger partial charge in [0.2, 0.25) is 0 Å². The third kappa shape index (κ3) is 3.00. The number of rotatable bonds is 3. The van der Waals surface area contributed by atoms with E-state index in [0.29, 0.717) is 5.75 Å². The number of hydrogen-bond donors (Lipinski definition) is 1. The fourth-order valence-corrected chi connectivity index (χ4v) is 1.22. The summed E-state index contributed by atoms with van der Waals surface area (Å²) in [5.41, 5.74) is -0.461. The van der Waals surface area contributed by atoms with E-state index in [1.54, 1.807) is 0 Å². The summed E-state index contributed by atoms with van der Waals surface area (Å²) in [5, 5.41) is 8.57. The van der Waals surface area contributed by atoms with Crippen LogP contribution in [-0.2, 0) is 6.18 Å².